The first-order valence-corrected chi connectivity index (χ1v) is 9.35. The molecule has 1 aliphatic rings. The molecule has 1 aromatic heterocycles. The van der Waals surface area contributed by atoms with Gasteiger partial charge in [-0.05, 0) is 36.1 Å². The van der Waals surface area contributed by atoms with Gasteiger partial charge in [-0.2, -0.15) is 5.10 Å². The number of benzene rings is 1. The summed E-state index contributed by atoms with van der Waals surface area (Å²) >= 11 is 0. The molecule has 2 aromatic rings. The molecular weight excluding hydrogens is 328 g/mol. The zero-order valence-corrected chi connectivity index (χ0v) is 15.7. The van der Waals surface area contributed by atoms with Crippen LogP contribution in [-0.2, 0) is 11.3 Å². The zero-order chi connectivity index (χ0) is 18.4. The summed E-state index contributed by atoms with van der Waals surface area (Å²) in [5.74, 6) is 0.368. The quantitative estimate of drug-likeness (QED) is 0.826. The third-order valence-corrected chi connectivity index (χ3v) is 4.50. The number of hydrogen-bond donors (Lipinski definition) is 0. The van der Waals surface area contributed by atoms with Crippen LogP contribution < -0.4 is 0 Å². The van der Waals surface area contributed by atoms with Gasteiger partial charge in [0.05, 0.1) is 12.3 Å². The minimum Gasteiger partial charge on any atom is -0.449 e. The highest BCUT2D eigenvalue weighted by molar-refractivity contribution is 5.67. The number of carbonyl (C=O) groups is 1. The van der Waals surface area contributed by atoms with Crippen molar-refractivity contribution in [1.82, 2.24) is 19.6 Å². The van der Waals surface area contributed by atoms with Gasteiger partial charge in [-0.25, -0.2) is 9.48 Å². The second-order valence-corrected chi connectivity index (χ2v) is 7.20. The number of aromatic nitrogens is 2. The van der Waals surface area contributed by atoms with Gasteiger partial charge in [-0.1, -0.05) is 26.0 Å². The number of carbonyl (C=O) groups excluding carboxylic acids is 1. The van der Waals surface area contributed by atoms with E-state index >= 15 is 0 Å². The molecule has 6 heteroatoms. The Balaban J connectivity index is 1.51. The Morgan fingerprint density at radius 1 is 1.15 bits per heavy atom. The van der Waals surface area contributed by atoms with Crippen LogP contribution in [0.25, 0.3) is 5.69 Å². The Kier molecular flexibility index (Phi) is 6.28. The van der Waals surface area contributed by atoms with Crippen LogP contribution >= 0.6 is 0 Å². The first kappa shape index (κ1) is 18.5. The van der Waals surface area contributed by atoms with Crippen molar-refractivity contribution in [3.8, 4) is 5.69 Å². The number of hydrogen-bond acceptors (Lipinski definition) is 4. The van der Waals surface area contributed by atoms with Crippen LogP contribution in [0.15, 0.2) is 42.7 Å². The van der Waals surface area contributed by atoms with Crippen molar-refractivity contribution in [2.45, 2.75) is 26.8 Å². The van der Waals surface area contributed by atoms with E-state index in [4.69, 9.17) is 4.74 Å². The van der Waals surface area contributed by atoms with Gasteiger partial charge >= 0.3 is 6.09 Å². The van der Waals surface area contributed by atoms with Crippen LogP contribution in [0.4, 0.5) is 4.79 Å². The standard InChI is InChI=1S/C20H28N4O2/c1-17(2)16-26-20(25)23-11-4-10-22(13-14-23)15-18-5-7-19(8-6-18)24-12-3-9-21-24/h3,5-9,12,17H,4,10-11,13-16H2,1-2H3. The average Bonchev–Trinajstić information content (AvgIpc) is 3.07. The molecule has 140 valence electrons. The second-order valence-electron chi connectivity index (χ2n) is 7.20. The van der Waals surface area contributed by atoms with Gasteiger partial charge in [0.2, 0.25) is 0 Å². The Hall–Kier alpha value is -2.34. The summed E-state index contributed by atoms with van der Waals surface area (Å²) in [5, 5.41) is 4.25. The molecule has 0 saturated carbocycles. The lowest BCUT2D eigenvalue weighted by Gasteiger charge is -2.22. The molecular formula is C20H28N4O2. The molecule has 1 aliphatic heterocycles. The SMILES string of the molecule is CC(C)COC(=O)N1CCCN(Cc2ccc(-n3cccn3)cc2)CC1. The van der Waals surface area contributed by atoms with Crippen molar-refractivity contribution in [2.24, 2.45) is 5.92 Å². The van der Waals surface area contributed by atoms with Gasteiger partial charge in [0.1, 0.15) is 0 Å². The molecule has 3 rings (SSSR count). The maximum Gasteiger partial charge on any atom is 0.409 e. The van der Waals surface area contributed by atoms with Crippen LogP contribution in [0.3, 0.4) is 0 Å². The molecule has 2 heterocycles. The summed E-state index contributed by atoms with van der Waals surface area (Å²) in [4.78, 5) is 16.4. The van der Waals surface area contributed by atoms with Gasteiger partial charge in [0.15, 0.2) is 0 Å². The molecule has 1 fully saturated rings. The maximum absolute atomic E-state index is 12.1. The van der Waals surface area contributed by atoms with Crippen molar-refractivity contribution in [2.75, 3.05) is 32.8 Å². The van der Waals surface area contributed by atoms with Gasteiger partial charge in [0, 0.05) is 45.1 Å². The van der Waals surface area contributed by atoms with E-state index in [1.807, 2.05) is 21.8 Å². The Morgan fingerprint density at radius 2 is 1.96 bits per heavy atom. The summed E-state index contributed by atoms with van der Waals surface area (Å²) in [5.41, 5.74) is 2.34. The van der Waals surface area contributed by atoms with Crippen molar-refractivity contribution < 1.29 is 9.53 Å². The van der Waals surface area contributed by atoms with Gasteiger partial charge in [-0.3, -0.25) is 4.90 Å². The lowest BCUT2D eigenvalue weighted by atomic mass is 10.2. The smallest absolute Gasteiger partial charge is 0.409 e. The molecule has 1 aromatic carbocycles. The van der Waals surface area contributed by atoms with Crippen molar-refractivity contribution in [3.05, 3.63) is 48.3 Å². The van der Waals surface area contributed by atoms with E-state index in [-0.39, 0.29) is 6.09 Å². The van der Waals surface area contributed by atoms with Crippen molar-refractivity contribution in [1.29, 1.82) is 0 Å². The molecule has 26 heavy (non-hydrogen) atoms. The minimum absolute atomic E-state index is 0.177. The number of nitrogens with zero attached hydrogens (tertiary/aromatic N) is 4. The summed E-state index contributed by atoms with van der Waals surface area (Å²) in [6.45, 7) is 8.85. The Morgan fingerprint density at radius 3 is 2.65 bits per heavy atom. The van der Waals surface area contributed by atoms with Gasteiger partial charge < -0.3 is 9.64 Å². The van der Waals surface area contributed by atoms with E-state index in [0.717, 1.165) is 44.8 Å². The van der Waals surface area contributed by atoms with Crippen molar-refractivity contribution in [3.63, 3.8) is 0 Å². The molecule has 0 radical (unpaired) electrons. The largest absolute Gasteiger partial charge is 0.449 e. The minimum atomic E-state index is -0.177. The van der Waals surface area contributed by atoms with E-state index in [1.54, 1.807) is 6.20 Å². The van der Waals surface area contributed by atoms with E-state index in [2.05, 4.69) is 48.1 Å². The third kappa shape index (κ3) is 5.08. The highest BCUT2D eigenvalue weighted by atomic mass is 16.6. The van der Waals surface area contributed by atoms with Gasteiger partial charge in [-0.15, -0.1) is 0 Å². The summed E-state index contributed by atoms with van der Waals surface area (Å²) in [6, 6.07) is 10.4. The Bertz CT molecular complexity index is 682. The van der Waals surface area contributed by atoms with Crippen LogP contribution in [0.5, 0.6) is 0 Å². The fraction of sp³-hybridized carbons (Fsp3) is 0.500. The lowest BCUT2D eigenvalue weighted by Crippen LogP contribution is -2.36. The first-order chi connectivity index (χ1) is 12.6. The summed E-state index contributed by atoms with van der Waals surface area (Å²) < 4.78 is 7.22. The normalized spacial score (nSPS) is 15.9. The second kappa shape index (κ2) is 8.85. The molecule has 0 aliphatic carbocycles. The van der Waals surface area contributed by atoms with Crippen LogP contribution in [0, 0.1) is 5.92 Å². The molecule has 1 amide bonds. The number of ether oxygens (including phenoxy) is 1. The lowest BCUT2D eigenvalue weighted by molar-refractivity contribution is 0.0930. The van der Waals surface area contributed by atoms with E-state index in [1.165, 1.54) is 5.56 Å². The number of rotatable bonds is 5. The summed E-state index contributed by atoms with van der Waals surface area (Å²) in [7, 11) is 0. The first-order valence-electron chi connectivity index (χ1n) is 9.35. The van der Waals surface area contributed by atoms with Crippen LogP contribution in [-0.4, -0.2) is 58.5 Å². The topological polar surface area (TPSA) is 50.6 Å². The molecule has 0 N–H and O–H groups in total. The molecule has 0 atom stereocenters. The van der Waals surface area contributed by atoms with E-state index in [9.17, 15) is 4.79 Å². The predicted molar refractivity (Wildman–Crippen MR) is 101 cm³/mol. The average molecular weight is 356 g/mol. The zero-order valence-electron chi connectivity index (χ0n) is 15.7. The fourth-order valence-electron chi connectivity index (χ4n) is 3.07. The van der Waals surface area contributed by atoms with E-state index in [0.29, 0.717) is 12.5 Å². The molecule has 6 nitrogen and oxygen atoms in total. The fourth-order valence-corrected chi connectivity index (χ4v) is 3.07. The highest BCUT2D eigenvalue weighted by Gasteiger charge is 2.20. The third-order valence-electron chi connectivity index (χ3n) is 4.50. The molecule has 0 unspecified atom stereocenters. The van der Waals surface area contributed by atoms with Crippen molar-refractivity contribution >= 4 is 6.09 Å². The van der Waals surface area contributed by atoms with E-state index < -0.39 is 0 Å². The number of amides is 1. The molecule has 0 spiro atoms. The molecule has 1 saturated heterocycles. The summed E-state index contributed by atoms with van der Waals surface area (Å²) in [6.07, 6.45) is 4.52. The highest BCUT2D eigenvalue weighted by Crippen LogP contribution is 2.13. The van der Waals surface area contributed by atoms with Crippen LogP contribution in [0.1, 0.15) is 25.8 Å². The monoisotopic (exact) mass is 356 g/mol. The predicted octanol–water partition coefficient (Wildman–Crippen LogP) is 3.17. The Labute approximate surface area is 155 Å². The molecule has 0 bridgehead atoms. The van der Waals surface area contributed by atoms with Gasteiger partial charge in [0.25, 0.3) is 0 Å². The van der Waals surface area contributed by atoms with Crippen LogP contribution in [0.2, 0.25) is 0 Å². The maximum atomic E-state index is 12.1.